The Hall–Kier alpha value is -5.45. The SMILES string of the molecule is C[C@@H]([C@H]1CC[C@H](n2cc(NC(=O)c3cnn4cccnc34)c(C(F)F)n2)CC1)N(C)C1CCN(c2cccc3c2n(C)c(=O)n3C2CCC(=O)NC2=O)CC1. The number of benzene rings is 1. The highest BCUT2D eigenvalue weighted by atomic mass is 19.3. The first-order chi connectivity index (χ1) is 26.5. The van der Waals surface area contributed by atoms with E-state index >= 15 is 0 Å². The predicted octanol–water partition coefficient (Wildman–Crippen LogP) is 4.47. The van der Waals surface area contributed by atoms with Gasteiger partial charge in [-0.05, 0) is 83.0 Å². The number of imide groups is 1. The van der Waals surface area contributed by atoms with Crippen LogP contribution >= 0.6 is 0 Å². The lowest BCUT2D eigenvalue weighted by Gasteiger charge is -2.43. The number of para-hydroxylation sites is 1. The molecule has 8 rings (SSSR count). The zero-order chi connectivity index (χ0) is 38.5. The van der Waals surface area contributed by atoms with Gasteiger partial charge in [-0.25, -0.2) is 23.1 Å². The Morgan fingerprint density at radius 2 is 1.80 bits per heavy atom. The number of anilines is 2. The molecule has 2 saturated heterocycles. The maximum Gasteiger partial charge on any atom is 0.329 e. The van der Waals surface area contributed by atoms with Gasteiger partial charge in [0.1, 0.15) is 11.6 Å². The van der Waals surface area contributed by atoms with Crippen molar-refractivity contribution >= 4 is 45.8 Å². The van der Waals surface area contributed by atoms with E-state index in [4.69, 9.17) is 0 Å². The normalized spacial score (nSPS) is 21.9. The van der Waals surface area contributed by atoms with Crippen LogP contribution in [-0.2, 0) is 16.6 Å². The van der Waals surface area contributed by atoms with Gasteiger partial charge in [-0.3, -0.25) is 33.5 Å². The van der Waals surface area contributed by atoms with Gasteiger partial charge in [0.15, 0.2) is 11.3 Å². The molecule has 2 aliphatic heterocycles. The van der Waals surface area contributed by atoms with Crippen molar-refractivity contribution in [3.8, 4) is 0 Å². The fraction of sp³-hybridized carbons (Fsp3) is 0.500. The summed E-state index contributed by atoms with van der Waals surface area (Å²) in [5.74, 6) is -0.906. The molecular formula is C38H45F2N11O4. The van der Waals surface area contributed by atoms with Crippen LogP contribution in [-0.4, -0.2) is 88.4 Å². The first-order valence-electron chi connectivity index (χ1n) is 19.0. The van der Waals surface area contributed by atoms with E-state index in [-0.39, 0.29) is 35.3 Å². The van der Waals surface area contributed by atoms with Crippen LogP contribution < -0.4 is 21.2 Å². The maximum absolute atomic E-state index is 14.1. The standard InChI is InChI=1S/C38H45F2N11O4/c1-22(23-8-10-25(11-9-23)50-21-27(32(45-50)34(39)40)43-36(53)26-20-42-49-17-5-16-41-35(26)49)46(2)24-14-18-48(19-15-24)28-6-4-7-29-33(28)47(3)38(55)51(29)30-12-13-31(52)44-37(30)54/h4-7,16-17,20-25,30,34H,8-15,18-19H2,1-3H3,(H,43,53)(H,44,52,54)/t22-,23-,25-,30?/m0/s1. The predicted molar refractivity (Wildman–Crippen MR) is 200 cm³/mol. The highest BCUT2D eigenvalue weighted by Gasteiger charge is 2.35. The second kappa shape index (κ2) is 14.7. The van der Waals surface area contributed by atoms with Gasteiger partial charge in [0.2, 0.25) is 11.8 Å². The number of hydrogen-bond donors (Lipinski definition) is 2. The highest BCUT2D eigenvalue weighted by Crippen LogP contribution is 2.38. The molecule has 1 aliphatic carbocycles. The van der Waals surface area contributed by atoms with E-state index in [0.29, 0.717) is 35.6 Å². The number of carbonyl (C=O) groups excluding carboxylic acids is 3. The molecule has 2 N–H and O–H groups in total. The van der Waals surface area contributed by atoms with E-state index in [1.54, 1.807) is 28.6 Å². The van der Waals surface area contributed by atoms with Crippen molar-refractivity contribution in [3.63, 3.8) is 0 Å². The van der Waals surface area contributed by atoms with Crippen LogP contribution in [0, 0.1) is 5.92 Å². The molecule has 2 atom stereocenters. The molecule has 3 aliphatic rings. The molecule has 1 aromatic carbocycles. The number of aromatic nitrogens is 7. The van der Waals surface area contributed by atoms with Gasteiger partial charge in [-0.15, -0.1) is 0 Å². The van der Waals surface area contributed by atoms with E-state index in [1.807, 2.05) is 18.2 Å². The van der Waals surface area contributed by atoms with Crippen molar-refractivity contribution < 1.29 is 23.2 Å². The monoisotopic (exact) mass is 757 g/mol. The molecule has 17 heteroatoms. The summed E-state index contributed by atoms with van der Waals surface area (Å²) >= 11 is 0. The third kappa shape index (κ3) is 6.67. The van der Waals surface area contributed by atoms with Crippen LogP contribution in [0.4, 0.5) is 20.2 Å². The number of rotatable bonds is 9. The topological polar surface area (TPSA) is 157 Å². The number of halogens is 2. The van der Waals surface area contributed by atoms with Crippen LogP contribution in [0.15, 0.2) is 53.8 Å². The van der Waals surface area contributed by atoms with Gasteiger partial charge in [-0.2, -0.15) is 10.2 Å². The zero-order valence-corrected chi connectivity index (χ0v) is 31.1. The number of amides is 3. The minimum absolute atomic E-state index is 0.0119. The summed E-state index contributed by atoms with van der Waals surface area (Å²) in [7, 11) is 3.93. The number of hydrogen-bond acceptors (Lipinski definition) is 9. The molecule has 1 saturated carbocycles. The summed E-state index contributed by atoms with van der Waals surface area (Å²) in [6.45, 7) is 3.89. The minimum atomic E-state index is -2.85. The molecular weight excluding hydrogens is 712 g/mol. The summed E-state index contributed by atoms with van der Waals surface area (Å²) in [5, 5.41) is 13.4. The minimum Gasteiger partial charge on any atom is -0.370 e. The molecule has 1 unspecified atom stereocenters. The van der Waals surface area contributed by atoms with Crippen LogP contribution in [0.3, 0.4) is 0 Å². The number of nitrogens with zero attached hydrogens (tertiary/aromatic N) is 9. The fourth-order valence-electron chi connectivity index (χ4n) is 8.96. The summed E-state index contributed by atoms with van der Waals surface area (Å²) in [6.07, 6.45) is 9.03. The van der Waals surface area contributed by atoms with Gasteiger partial charge in [0.25, 0.3) is 12.3 Å². The lowest BCUT2D eigenvalue weighted by atomic mass is 9.81. The Kier molecular flexibility index (Phi) is 9.73. The van der Waals surface area contributed by atoms with Gasteiger partial charge in [-0.1, -0.05) is 6.07 Å². The zero-order valence-electron chi connectivity index (χ0n) is 31.1. The van der Waals surface area contributed by atoms with E-state index in [1.165, 1.54) is 27.7 Å². The van der Waals surface area contributed by atoms with Gasteiger partial charge in [0.05, 0.1) is 34.6 Å². The van der Waals surface area contributed by atoms with Gasteiger partial charge < -0.3 is 15.1 Å². The number of imidazole rings is 1. The van der Waals surface area contributed by atoms with Crippen LogP contribution in [0.1, 0.15) is 92.9 Å². The van der Waals surface area contributed by atoms with E-state index in [9.17, 15) is 28.0 Å². The van der Waals surface area contributed by atoms with Crippen molar-refractivity contribution in [2.75, 3.05) is 30.4 Å². The molecule has 3 amide bonds. The lowest BCUT2D eigenvalue weighted by molar-refractivity contribution is -0.135. The Labute approximate surface area is 315 Å². The number of alkyl halides is 2. The molecule has 15 nitrogen and oxygen atoms in total. The average molecular weight is 758 g/mol. The second-order valence-corrected chi connectivity index (χ2v) is 15.1. The molecule has 0 radical (unpaired) electrons. The van der Waals surface area contributed by atoms with E-state index < -0.39 is 30.0 Å². The van der Waals surface area contributed by atoms with Gasteiger partial charge in [0, 0.05) is 57.2 Å². The van der Waals surface area contributed by atoms with Crippen LogP contribution in [0.5, 0.6) is 0 Å². The maximum atomic E-state index is 14.1. The highest BCUT2D eigenvalue weighted by molar-refractivity contribution is 6.08. The lowest BCUT2D eigenvalue weighted by Crippen LogP contribution is -2.49. The van der Waals surface area contributed by atoms with Gasteiger partial charge >= 0.3 is 5.69 Å². The van der Waals surface area contributed by atoms with Crippen molar-refractivity contribution in [1.29, 1.82) is 0 Å². The van der Waals surface area contributed by atoms with E-state index in [2.05, 4.69) is 49.6 Å². The van der Waals surface area contributed by atoms with Crippen molar-refractivity contribution in [1.82, 2.24) is 43.7 Å². The van der Waals surface area contributed by atoms with Crippen molar-refractivity contribution in [2.24, 2.45) is 13.0 Å². The third-order valence-electron chi connectivity index (χ3n) is 12.2. The molecule has 55 heavy (non-hydrogen) atoms. The Morgan fingerprint density at radius 3 is 2.53 bits per heavy atom. The van der Waals surface area contributed by atoms with Crippen LogP contribution in [0.2, 0.25) is 0 Å². The molecule has 3 fully saturated rings. The molecule has 0 bridgehead atoms. The Morgan fingerprint density at radius 1 is 1.04 bits per heavy atom. The number of nitrogens with one attached hydrogen (secondary N) is 2. The average Bonchev–Trinajstić information content (AvgIpc) is 3.89. The summed E-state index contributed by atoms with van der Waals surface area (Å²) in [4.78, 5) is 60.0. The van der Waals surface area contributed by atoms with Crippen LogP contribution in [0.25, 0.3) is 16.7 Å². The number of fused-ring (bicyclic) bond motifs is 2. The summed E-state index contributed by atoms with van der Waals surface area (Å²) in [6, 6.07) is 7.40. The second-order valence-electron chi connectivity index (χ2n) is 15.1. The first kappa shape index (κ1) is 36.5. The Balaban J connectivity index is 0.886. The largest absolute Gasteiger partial charge is 0.370 e. The molecule has 4 aromatic heterocycles. The Bertz CT molecular complexity index is 2310. The summed E-state index contributed by atoms with van der Waals surface area (Å²) in [5.41, 5.74) is 2.20. The summed E-state index contributed by atoms with van der Waals surface area (Å²) < 4.78 is 34.4. The smallest absolute Gasteiger partial charge is 0.329 e. The fourth-order valence-corrected chi connectivity index (χ4v) is 8.96. The number of carbonyl (C=O) groups is 3. The molecule has 5 aromatic rings. The number of piperidine rings is 2. The quantitative estimate of drug-likeness (QED) is 0.207. The molecule has 0 spiro atoms. The third-order valence-corrected chi connectivity index (χ3v) is 12.2. The first-order valence-corrected chi connectivity index (χ1v) is 19.0. The van der Waals surface area contributed by atoms with Crippen molar-refractivity contribution in [2.45, 2.75) is 88.9 Å². The van der Waals surface area contributed by atoms with Crippen molar-refractivity contribution in [3.05, 3.63) is 70.8 Å². The number of aryl methyl sites for hydroxylation is 1. The molecule has 6 heterocycles. The molecule has 290 valence electrons. The van der Waals surface area contributed by atoms with E-state index in [0.717, 1.165) is 62.8 Å².